The van der Waals surface area contributed by atoms with Gasteiger partial charge in [-0.05, 0) is 52.4 Å². The van der Waals surface area contributed by atoms with Crippen LogP contribution in [0.3, 0.4) is 0 Å². The first-order chi connectivity index (χ1) is 14.5. The van der Waals surface area contributed by atoms with Crippen LogP contribution in [0, 0.1) is 5.92 Å². The van der Waals surface area contributed by atoms with Gasteiger partial charge in [-0.1, -0.05) is 18.6 Å². The lowest BCUT2D eigenvalue weighted by molar-refractivity contribution is -0.192. The Balaban J connectivity index is 2.14. The Morgan fingerprint density at radius 3 is 2.45 bits per heavy atom. The lowest BCUT2D eigenvalue weighted by atomic mass is 9.83. The molecule has 0 unspecified atom stereocenters. The van der Waals surface area contributed by atoms with E-state index in [1.165, 1.54) is 13.8 Å². The summed E-state index contributed by atoms with van der Waals surface area (Å²) < 4.78 is 23.7. The molecule has 6 atom stereocenters. The van der Waals surface area contributed by atoms with Gasteiger partial charge in [0.1, 0.15) is 11.7 Å². The Hall–Kier alpha value is -2.15. The highest BCUT2D eigenvalue weighted by atomic mass is 16.6. The molecule has 3 rings (SSSR count). The normalized spacial score (nSPS) is 38.1. The lowest BCUT2D eigenvalue weighted by Crippen LogP contribution is -2.52. The topological polar surface area (TPSA) is 88.1 Å². The van der Waals surface area contributed by atoms with Gasteiger partial charge in [-0.15, -0.1) is 0 Å². The van der Waals surface area contributed by atoms with Gasteiger partial charge in [0, 0.05) is 31.4 Å². The van der Waals surface area contributed by atoms with Gasteiger partial charge in [-0.2, -0.15) is 0 Å². The number of esters is 3. The minimum Gasteiger partial charge on any atom is -0.455 e. The average molecular weight is 435 g/mol. The van der Waals surface area contributed by atoms with Crippen molar-refractivity contribution in [3.63, 3.8) is 0 Å². The molecule has 0 aromatic rings. The van der Waals surface area contributed by atoms with Crippen molar-refractivity contribution in [3.05, 3.63) is 22.8 Å². The molecule has 3 aliphatic heterocycles. The second kappa shape index (κ2) is 9.15. The zero-order chi connectivity index (χ0) is 22.9. The van der Waals surface area contributed by atoms with Crippen LogP contribution < -0.4 is 0 Å². The Kier molecular flexibility index (Phi) is 6.94. The summed E-state index contributed by atoms with van der Waals surface area (Å²) in [6.07, 6.45) is 3.60. The van der Waals surface area contributed by atoms with Gasteiger partial charge in [0.2, 0.25) is 0 Å². The lowest BCUT2D eigenvalue weighted by Gasteiger charge is -2.39. The summed E-state index contributed by atoms with van der Waals surface area (Å²) in [7, 11) is 0. The van der Waals surface area contributed by atoms with Gasteiger partial charge in [-0.3, -0.25) is 9.59 Å². The molecule has 1 fully saturated rings. The Labute approximate surface area is 184 Å². The molecular weight excluding hydrogens is 400 g/mol. The Bertz CT molecular complexity index is 811. The molecule has 0 spiro atoms. The third-order valence-electron chi connectivity index (χ3n) is 6.71. The van der Waals surface area contributed by atoms with Crippen LogP contribution >= 0.6 is 0 Å². The highest BCUT2D eigenvalue weighted by Crippen LogP contribution is 2.43. The molecule has 0 aliphatic carbocycles. The van der Waals surface area contributed by atoms with E-state index in [2.05, 4.69) is 13.0 Å². The number of ether oxygens (including phenoxy) is 4. The van der Waals surface area contributed by atoms with E-state index in [0.717, 1.165) is 24.8 Å². The Morgan fingerprint density at radius 2 is 1.81 bits per heavy atom. The van der Waals surface area contributed by atoms with Crippen LogP contribution in [0.25, 0.3) is 0 Å². The number of rotatable bonds is 2. The summed E-state index contributed by atoms with van der Waals surface area (Å²) in [6.45, 7) is 10.4. The minimum absolute atomic E-state index is 0.0165. The smallest absolute Gasteiger partial charge is 0.334 e. The maximum atomic E-state index is 12.5. The van der Waals surface area contributed by atoms with E-state index in [1.54, 1.807) is 6.92 Å². The molecule has 0 aromatic heterocycles. The van der Waals surface area contributed by atoms with E-state index in [4.69, 9.17) is 18.9 Å². The minimum atomic E-state index is -0.967. The molecule has 1 saturated heterocycles. The molecule has 0 saturated carbocycles. The van der Waals surface area contributed by atoms with Crippen molar-refractivity contribution in [2.75, 3.05) is 0 Å². The molecule has 3 heterocycles. The third kappa shape index (κ3) is 5.03. The summed E-state index contributed by atoms with van der Waals surface area (Å²) >= 11 is 0. The Morgan fingerprint density at radius 1 is 1.13 bits per heavy atom. The zero-order valence-electron chi connectivity index (χ0n) is 19.4. The van der Waals surface area contributed by atoms with Crippen molar-refractivity contribution in [3.8, 4) is 0 Å². The molecule has 0 aromatic carbocycles. The van der Waals surface area contributed by atoms with Crippen molar-refractivity contribution in [1.82, 2.24) is 0 Å². The van der Waals surface area contributed by atoms with Crippen LogP contribution in [0.4, 0.5) is 0 Å². The molecule has 2 bridgehead atoms. The first-order valence-corrected chi connectivity index (χ1v) is 11.1. The average Bonchev–Trinajstić information content (AvgIpc) is 3.18. The maximum Gasteiger partial charge on any atom is 0.334 e. The van der Waals surface area contributed by atoms with Gasteiger partial charge in [0.15, 0.2) is 12.2 Å². The largest absolute Gasteiger partial charge is 0.455 e. The standard InChI is InChI=1S/C24H34O7/c1-13-8-7-9-14(2)18-10-11-24(6,31-18)22(29-17(5)26)21(28-16(4)25)20-15(3)23(27)30-19(20)12-13/h8,14,18-19,21-22H,7,9-12H2,1-6H3/b13-8+/t14-,18+,19-,21-,22+,24-/m0/s1. The summed E-state index contributed by atoms with van der Waals surface area (Å²) in [5, 5.41) is 0. The van der Waals surface area contributed by atoms with Gasteiger partial charge in [-0.25, -0.2) is 4.79 Å². The number of carbonyl (C=O) groups excluding carboxylic acids is 3. The number of hydrogen-bond acceptors (Lipinski definition) is 7. The monoisotopic (exact) mass is 434 g/mol. The first kappa shape index (κ1) is 23.5. The van der Waals surface area contributed by atoms with Crippen molar-refractivity contribution >= 4 is 17.9 Å². The fraction of sp³-hybridized carbons (Fsp3) is 0.708. The second-order valence-corrected chi connectivity index (χ2v) is 9.35. The highest BCUT2D eigenvalue weighted by Gasteiger charge is 2.53. The van der Waals surface area contributed by atoms with Gasteiger partial charge >= 0.3 is 17.9 Å². The molecule has 0 amide bonds. The van der Waals surface area contributed by atoms with Crippen LogP contribution in [-0.4, -0.2) is 47.9 Å². The fourth-order valence-corrected chi connectivity index (χ4v) is 5.00. The molecule has 172 valence electrons. The van der Waals surface area contributed by atoms with Gasteiger partial charge < -0.3 is 18.9 Å². The van der Waals surface area contributed by atoms with E-state index < -0.39 is 41.8 Å². The van der Waals surface area contributed by atoms with Crippen LogP contribution in [0.5, 0.6) is 0 Å². The van der Waals surface area contributed by atoms with Crippen LogP contribution in [0.15, 0.2) is 22.8 Å². The van der Waals surface area contributed by atoms with Crippen molar-refractivity contribution in [2.24, 2.45) is 5.92 Å². The van der Waals surface area contributed by atoms with Crippen LogP contribution in [0.1, 0.15) is 73.6 Å². The SMILES string of the molecule is CC(=O)O[C@@H]1[C@@H](OC(C)=O)C2=C(C)C(=O)O[C@H]2C/C(C)=C/CC[C@H](C)[C@H]2CC[C@]1(C)O2. The number of fused-ring (bicyclic) bond motifs is 3. The van der Waals surface area contributed by atoms with E-state index in [-0.39, 0.29) is 6.10 Å². The van der Waals surface area contributed by atoms with Crippen LogP contribution in [-0.2, 0) is 33.3 Å². The molecule has 0 N–H and O–H groups in total. The summed E-state index contributed by atoms with van der Waals surface area (Å²) in [6, 6.07) is 0. The molecular formula is C24H34O7. The summed E-state index contributed by atoms with van der Waals surface area (Å²) in [5.74, 6) is -1.13. The zero-order valence-corrected chi connectivity index (χ0v) is 19.4. The highest BCUT2D eigenvalue weighted by molar-refractivity contribution is 5.92. The molecule has 7 heteroatoms. The van der Waals surface area contributed by atoms with E-state index in [1.807, 2.05) is 13.8 Å². The summed E-state index contributed by atoms with van der Waals surface area (Å²) in [4.78, 5) is 36.7. The number of hydrogen-bond donors (Lipinski definition) is 0. The maximum absolute atomic E-state index is 12.5. The predicted molar refractivity (Wildman–Crippen MR) is 113 cm³/mol. The van der Waals surface area contributed by atoms with E-state index in [0.29, 0.717) is 29.9 Å². The summed E-state index contributed by atoms with van der Waals surface area (Å²) in [5.41, 5.74) is 1.19. The van der Waals surface area contributed by atoms with Crippen molar-refractivity contribution in [2.45, 2.75) is 104 Å². The quantitative estimate of drug-likeness (QED) is 0.371. The van der Waals surface area contributed by atoms with Crippen LogP contribution in [0.2, 0.25) is 0 Å². The van der Waals surface area contributed by atoms with Gasteiger partial charge in [0.05, 0.1) is 6.10 Å². The number of carbonyl (C=O) groups is 3. The molecule has 0 radical (unpaired) electrons. The predicted octanol–water partition coefficient (Wildman–Crippen LogP) is 3.80. The van der Waals surface area contributed by atoms with Gasteiger partial charge in [0.25, 0.3) is 0 Å². The number of allylic oxidation sites excluding steroid dienone is 1. The van der Waals surface area contributed by atoms with E-state index in [9.17, 15) is 14.4 Å². The molecule has 7 nitrogen and oxygen atoms in total. The van der Waals surface area contributed by atoms with Crippen molar-refractivity contribution < 1.29 is 33.3 Å². The molecule has 3 aliphatic rings. The third-order valence-corrected chi connectivity index (χ3v) is 6.71. The molecule has 31 heavy (non-hydrogen) atoms. The first-order valence-electron chi connectivity index (χ1n) is 11.1. The van der Waals surface area contributed by atoms with E-state index >= 15 is 0 Å². The van der Waals surface area contributed by atoms with Crippen molar-refractivity contribution in [1.29, 1.82) is 0 Å². The fourth-order valence-electron chi connectivity index (χ4n) is 5.00. The second-order valence-electron chi connectivity index (χ2n) is 9.35.